The van der Waals surface area contributed by atoms with Gasteiger partial charge in [-0.05, 0) is 38.8 Å². The van der Waals surface area contributed by atoms with E-state index in [0.29, 0.717) is 17.0 Å². The second-order valence-corrected chi connectivity index (χ2v) is 8.53. The van der Waals surface area contributed by atoms with Gasteiger partial charge in [-0.2, -0.15) is 0 Å². The number of urea groups is 1. The topological polar surface area (TPSA) is 105 Å². The van der Waals surface area contributed by atoms with E-state index in [1.165, 1.54) is 11.3 Å². The normalized spacial score (nSPS) is 18.1. The number of carbonyl (C=O) groups is 4. The molecule has 1 aromatic carbocycles. The lowest BCUT2D eigenvalue weighted by atomic mass is 9.91. The number of aryl methyl sites for hydroxylation is 2. The molecule has 1 aliphatic heterocycles. The molecule has 0 radical (unpaired) electrons. The fraction of sp³-hybridized carbons (Fsp3) is 0.364. The Bertz CT molecular complexity index is 1030. The SMILES string of the molecule is CCOC(=O)c1cc(CC)sc1NC(=O)CN1C(=O)NC(C)(c2ccc(C)cc2)C1=O. The van der Waals surface area contributed by atoms with Crippen molar-refractivity contribution in [3.8, 4) is 0 Å². The maximum Gasteiger partial charge on any atom is 0.341 e. The molecular weight excluding hydrogens is 418 g/mol. The van der Waals surface area contributed by atoms with Crippen molar-refractivity contribution in [2.45, 2.75) is 39.7 Å². The Morgan fingerprint density at radius 1 is 1.19 bits per heavy atom. The molecule has 9 heteroatoms. The quantitative estimate of drug-likeness (QED) is 0.505. The third-order valence-electron chi connectivity index (χ3n) is 5.09. The summed E-state index contributed by atoms with van der Waals surface area (Å²) < 4.78 is 5.05. The molecule has 1 fully saturated rings. The van der Waals surface area contributed by atoms with Gasteiger partial charge >= 0.3 is 12.0 Å². The van der Waals surface area contributed by atoms with E-state index in [-0.39, 0.29) is 12.2 Å². The summed E-state index contributed by atoms with van der Waals surface area (Å²) in [6.07, 6.45) is 0.689. The smallest absolute Gasteiger partial charge is 0.341 e. The van der Waals surface area contributed by atoms with Crippen molar-refractivity contribution in [3.05, 3.63) is 51.9 Å². The molecule has 164 valence electrons. The average Bonchev–Trinajstić information content (AvgIpc) is 3.23. The molecule has 0 spiro atoms. The van der Waals surface area contributed by atoms with Crippen LogP contribution < -0.4 is 10.6 Å². The molecule has 1 unspecified atom stereocenters. The van der Waals surface area contributed by atoms with E-state index in [2.05, 4.69) is 10.6 Å². The first-order valence-electron chi connectivity index (χ1n) is 10.0. The second-order valence-electron chi connectivity index (χ2n) is 7.39. The first-order chi connectivity index (χ1) is 14.7. The van der Waals surface area contributed by atoms with Crippen molar-refractivity contribution in [1.82, 2.24) is 10.2 Å². The number of esters is 1. The summed E-state index contributed by atoms with van der Waals surface area (Å²) >= 11 is 1.26. The maximum atomic E-state index is 13.0. The van der Waals surface area contributed by atoms with Crippen LogP contribution in [-0.2, 0) is 26.3 Å². The van der Waals surface area contributed by atoms with Crippen LogP contribution in [0.1, 0.15) is 47.1 Å². The van der Waals surface area contributed by atoms with Crippen LogP contribution in [0.25, 0.3) is 0 Å². The monoisotopic (exact) mass is 443 g/mol. The minimum Gasteiger partial charge on any atom is -0.462 e. The number of anilines is 1. The maximum absolute atomic E-state index is 13.0. The highest BCUT2D eigenvalue weighted by Gasteiger charge is 2.49. The van der Waals surface area contributed by atoms with Gasteiger partial charge in [0.15, 0.2) is 0 Å². The van der Waals surface area contributed by atoms with Crippen LogP contribution in [0.4, 0.5) is 9.80 Å². The van der Waals surface area contributed by atoms with Crippen LogP contribution in [0.2, 0.25) is 0 Å². The Labute approximate surface area is 184 Å². The van der Waals surface area contributed by atoms with Crippen LogP contribution in [-0.4, -0.2) is 41.9 Å². The number of nitrogens with zero attached hydrogens (tertiary/aromatic N) is 1. The van der Waals surface area contributed by atoms with Gasteiger partial charge in [-0.1, -0.05) is 36.8 Å². The number of hydrogen-bond donors (Lipinski definition) is 2. The predicted octanol–water partition coefficient (Wildman–Crippen LogP) is 3.20. The fourth-order valence-corrected chi connectivity index (χ4v) is 4.30. The van der Waals surface area contributed by atoms with Gasteiger partial charge in [0.05, 0.1) is 12.2 Å². The minimum atomic E-state index is -1.25. The predicted molar refractivity (Wildman–Crippen MR) is 117 cm³/mol. The number of nitrogens with one attached hydrogen (secondary N) is 2. The van der Waals surface area contributed by atoms with Crippen LogP contribution in [0.15, 0.2) is 30.3 Å². The zero-order valence-electron chi connectivity index (χ0n) is 17.9. The molecule has 1 aliphatic rings. The number of ether oxygens (including phenoxy) is 1. The van der Waals surface area contributed by atoms with Gasteiger partial charge in [0.2, 0.25) is 5.91 Å². The molecule has 0 saturated carbocycles. The van der Waals surface area contributed by atoms with E-state index in [9.17, 15) is 19.2 Å². The lowest BCUT2D eigenvalue weighted by Crippen LogP contribution is -2.42. The second kappa shape index (κ2) is 8.89. The number of rotatable bonds is 7. The molecule has 1 saturated heterocycles. The molecule has 31 heavy (non-hydrogen) atoms. The van der Waals surface area contributed by atoms with Crippen molar-refractivity contribution < 1.29 is 23.9 Å². The van der Waals surface area contributed by atoms with Crippen molar-refractivity contribution in [3.63, 3.8) is 0 Å². The molecule has 1 aromatic heterocycles. The van der Waals surface area contributed by atoms with Crippen LogP contribution in [0, 0.1) is 6.92 Å². The molecule has 0 bridgehead atoms. The summed E-state index contributed by atoms with van der Waals surface area (Å²) in [5.74, 6) is -1.62. The lowest BCUT2D eigenvalue weighted by molar-refractivity contribution is -0.133. The molecule has 0 aliphatic carbocycles. The van der Waals surface area contributed by atoms with E-state index in [1.807, 2.05) is 26.0 Å². The Morgan fingerprint density at radius 2 is 1.87 bits per heavy atom. The number of hydrogen-bond acceptors (Lipinski definition) is 6. The molecule has 2 aromatic rings. The summed E-state index contributed by atoms with van der Waals surface area (Å²) in [5.41, 5.74) is 0.674. The van der Waals surface area contributed by atoms with E-state index < -0.39 is 35.9 Å². The van der Waals surface area contributed by atoms with Gasteiger partial charge in [0.1, 0.15) is 17.1 Å². The summed E-state index contributed by atoms with van der Waals surface area (Å²) in [6.45, 7) is 6.92. The van der Waals surface area contributed by atoms with Gasteiger partial charge in [0.25, 0.3) is 5.91 Å². The number of thiophene rings is 1. The molecule has 3 rings (SSSR count). The minimum absolute atomic E-state index is 0.212. The van der Waals surface area contributed by atoms with E-state index in [0.717, 1.165) is 15.3 Å². The van der Waals surface area contributed by atoms with Gasteiger partial charge < -0.3 is 15.4 Å². The first-order valence-corrected chi connectivity index (χ1v) is 10.8. The first kappa shape index (κ1) is 22.5. The van der Waals surface area contributed by atoms with E-state index in [1.54, 1.807) is 32.0 Å². The zero-order valence-corrected chi connectivity index (χ0v) is 18.7. The molecule has 2 heterocycles. The lowest BCUT2D eigenvalue weighted by Gasteiger charge is -2.22. The highest BCUT2D eigenvalue weighted by molar-refractivity contribution is 7.16. The van der Waals surface area contributed by atoms with Crippen molar-refractivity contribution in [2.24, 2.45) is 0 Å². The number of carbonyl (C=O) groups excluding carboxylic acids is 4. The number of amides is 4. The Kier molecular flexibility index (Phi) is 6.45. The van der Waals surface area contributed by atoms with Crippen molar-refractivity contribution in [1.29, 1.82) is 0 Å². The Balaban J connectivity index is 1.76. The van der Waals surface area contributed by atoms with Crippen molar-refractivity contribution in [2.75, 3.05) is 18.5 Å². The Morgan fingerprint density at radius 3 is 2.48 bits per heavy atom. The summed E-state index contributed by atoms with van der Waals surface area (Å²) in [6, 6.07) is 8.30. The van der Waals surface area contributed by atoms with E-state index >= 15 is 0 Å². The number of benzene rings is 1. The van der Waals surface area contributed by atoms with Crippen molar-refractivity contribution >= 4 is 40.2 Å². The summed E-state index contributed by atoms with van der Waals surface area (Å²) in [4.78, 5) is 52.1. The molecule has 2 N–H and O–H groups in total. The highest BCUT2D eigenvalue weighted by atomic mass is 32.1. The summed E-state index contributed by atoms with van der Waals surface area (Å²) in [7, 11) is 0. The van der Waals surface area contributed by atoms with Gasteiger partial charge in [-0.3, -0.25) is 14.5 Å². The third-order valence-corrected chi connectivity index (χ3v) is 6.28. The zero-order chi connectivity index (χ0) is 22.8. The molecule has 8 nitrogen and oxygen atoms in total. The molecule has 1 atom stereocenters. The highest BCUT2D eigenvalue weighted by Crippen LogP contribution is 2.31. The van der Waals surface area contributed by atoms with E-state index in [4.69, 9.17) is 4.74 Å². The molecular formula is C22H25N3O5S. The van der Waals surface area contributed by atoms with Gasteiger partial charge in [0, 0.05) is 4.88 Å². The van der Waals surface area contributed by atoms with Gasteiger partial charge in [-0.15, -0.1) is 11.3 Å². The Hall–Kier alpha value is -3.20. The largest absolute Gasteiger partial charge is 0.462 e. The van der Waals surface area contributed by atoms with Gasteiger partial charge in [-0.25, -0.2) is 9.59 Å². The van der Waals surface area contributed by atoms with Crippen LogP contribution in [0.3, 0.4) is 0 Å². The fourth-order valence-electron chi connectivity index (χ4n) is 3.30. The third kappa shape index (κ3) is 4.46. The van der Waals surface area contributed by atoms with Crippen LogP contribution >= 0.6 is 11.3 Å². The standard InChI is InChI=1S/C22H25N3O5S/c1-5-15-11-16(19(27)30-6-2)18(31-15)23-17(26)12-25-20(28)22(4,24-21(25)29)14-9-7-13(3)8-10-14/h7-11H,5-6,12H2,1-4H3,(H,23,26)(H,24,29). The molecule has 4 amide bonds. The summed E-state index contributed by atoms with van der Waals surface area (Å²) in [5, 5.41) is 5.67. The van der Waals surface area contributed by atoms with Crippen LogP contribution in [0.5, 0.6) is 0 Å². The average molecular weight is 444 g/mol. The number of imide groups is 1.